The SMILES string of the molecule is CCCC1CC(C(=O)O)(c2ccc(C(C)(C)C)cc2)C1. The van der Waals surface area contributed by atoms with Crippen molar-refractivity contribution < 1.29 is 9.90 Å². The van der Waals surface area contributed by atoms with Gasteiger partial charge in [-0.25, -0.2) is 0 Å². The summed E-state index contributed by atoms with van der Waals surface area (Å²) in [5.74, 6) is -0.0771. The lowest BCUT2D eigenvalue weighted by Crippen LogP contribution is -2.47. The van der Waals surface area contributed by atoms with Crippen LogP contribution in [0.5, 0.6) is 0 Å². The highest BCUT2D eigenvalue weighted by Crippen LogP contribution is 2.50. The molecule has 1 aliphatic rings. The standard InChI is InChI=1S/C18H26O2/c1-5-6-13-11-18(12-13,16(19)20)15-9-7-14(8-10-15)17(2,3)4/h7-10,13H,5-6,11-12H2,1-4H3,(H,19,20). The normalized spacial score (nSPS) is 26.1. The van der Waals surface area contributed by atoms with E-state index in [-0.39, 0.29) is 5.41 Å². The molecule has 0 amide bonds. The Morgan fingerprint density at radius 1 is 1.25 bits per heavy atom. The highest BCUT2D eigenvalue weighted by Gasteiger charge is 2.51. The molecule has 0 spiro atoms. The molecule has 1 fully saturated rings. The van der Waals surface area contributed by atoms with Gasteiger partial charge in [0.2, 0.25) is 0 Å². The van der Waals surface area contributed by atoms with Gasteiger partial charge in [0.05, 0.1) is 5.41 Å². The zero-order chi connectivity index (χ0) is 15.0. The van der Waals surface area contributed by atoms with Crippen molar-refractivity contribution >= 4 is 5.97 Å². The summed E-state index contributed by atoms with van der Waals surface area (Å²) in [4.78, 5) is 11.7. The molecule has 1 saturated carbocycles. The third-order valence-corrected chi connectivity index (χ3v) is 4.68. The van der Waals surface area contributed by atoms with Crippen molar-refractivity contribution in [3.8, 4) is 0 Å². The molecule has 0 bridgehead atoms. The summed E-state index contributed by atoms with van der Waals surface area (Å²) in [5, 5.41) is 9.65. The van der Waals surface area contributed by atoms with Crippen LogP contribution < -0.4 is 0 Å². The fraction of sp³-hybridized carbons (Fsp3) is 0.611. The van der Waals surface area contributed by atoms with E-state index in [4.69, 9.17) is 0 Å². The van der Waals surface area contributed by atoms with Crippen LogP contribution >= 0.6 is 0 Å². The molecule has 0 unspecified atom stereocenters. The number of aliphatic carboxylic acids is 1. The lowest BCUT2D eigenvalue weighted by atomic mass is 9.57. The number of hydrogen-bond acceptors (Lipinski definition) is 1. The van der Waals surface area contributed by atoms with Crippen molar-refractivity contribution in [2.45, 2.75) is 64.2 Å². The predicted octanol–water partition coefficient (Wildman–Crippen LogP) is 4.52. The van der Waals surface area contributed by atoms with Gasteiger partial charge in [-0.1, -0.05) is 64.8 Å². The van der Waals surface area contributed by atoms with Crippen LogP contribution in [0.25, 0.3) is 0 Å². The lowest BCUT2D eigenvalue weighted by Gasteiger charge is -2.45. The molecular formula is C18H26O2. The molecule has 20 heavy (non-hydrogen) atoms. The third-order valence-electron chi connectivity index (χ3n) is 4.68. The van der Waals surface area contributed by atoms with Crippen molar-refractivity contribution in [2.24, 2.45) is 5.92 Å². The van der Waals surface area contributed by atoms with E-state index in [1.807, 2.05) is 12.1 Å². The van der Waals surface area contributed by atoms with Gasteiger partial charge in [-0.2, -0.15) is 0 Å². The first kappa shape index (κ1) is 15.1. The Morgan fingerprint density at radius 2 is 1.80 bits per heavy atom. The molecule has 0 saturated heterocycles. The molecule has 0 radical (unpaired) electrons. The summed E-state index contributed by atoms with van der Waals surface area (Å²) in [6.45, 7) is 8.69. The van der Waals surface area contributed by atoms with Crippen LogP contribution in [-0.4, -0.2) is 11.1 Å². The van der Waals surface area contributed by atoms with Crippen molar-refractivity contribution in [1.82, 2.24) is 0 Å². The van der Waals surface area contributed by atoms with Crippen molar-refractivity contribution in [3.63, 3.8) is 0 Å². The molecule has 0 heterocycles. The van der Waals surface area contributed by atoms with E-state index < -0.39 is 11.4 Å². The Labute approximate surface area is 122 Å². The van der Waals surface area contributed by atoms with E-state index in [0.29, 0.717) is 5.92 Å². The van der Waals surface area contributed by atoms with Gasteiger partial charge >= 0.3 is 5.97 Å². The first-order valence-corrected chi connectivity index (χ1v) is 7.64. The number of carbonyl (C=O) groups is 1. The van der Waals surface area contributed by atoms with E-state index in [9.17, 15) is 9.90 Å². The topological polar surface area (TPSA) is 37.3 Å². The smallest absolute Gasteiger partial charge is 0.314 e. The molecule has 0 aromatic heterocycles. The van der Waals surface area contributed by atoms with Gasteiger partial charge < -0.3 is 5.11 Å². The van der Waals surface area contributed by atoms with Crippen LogP contribution in [0.15, 0.2) is 24.3 Å². The quantitative estimate of drug-likeness (QED) is 0.876. The Kier molecular flexibility index (Phi) is 3.95. The fourth-order valence-corrected chi connectivity index (χ4v) is 3.36. The number of carboxylic acids is 1. The van der Waals surface area contributed by atoms with Gasteiger partial charge in [0, 0.05) is 0 Å². The second-order valence-corrected chi connectivity index (χ2v) is 7.28. The maximum absolute atomic E-state index is 11.7. The Morgan fingerprint density at radius 3 is 2.20 bits per heavy atom. The average molecular weight is 274 g/mol. The zero-order valence-electron chi connectivity index (χ0n) is 13.1. The number of rotatable bonds is 4. The monoisotopic (exact) mass is 274 g/mol. The average Bonchev–Trinajstić information content (AvgIpc) is 2.32. The van der Waals surface area contributed by atoms with Gasteiger partial charge in [0.15, 0.2) is 0 Å². The second-order valence-electron chi connectivity index (χ2n) is 7.28. The van der Waals surface area contributed by atoms with E-state index in [1.165, 1.54) is 5.56 Å². The third kappa shape index (κ3) is 2.61. The number of benzene rings is 1. The largest absolute Gasteiger partial charge is 0.481 e. The van der Waals surface area contributed by atoms with Crippen molar-refractivity contribution in [3.05, 3.63) is 35.4 Å². The summed E-state index contributed by atoms with van der Waals surface area (Å²) in [6, 6.07) is 8.23. The van der Waals surface area contributed by atoms with Crippen molar-refractivity contribution in [2.75, 3.05) is 0 Å². The highest BCUT2D eigenvalue weighted by molar-refractivity contribution is 5.82. The predicted molar refractivity (Wildman–Crippen MR) is 82.1 cm³/mol. The second kappa shape index (κ2) is 5.23. The van der Waals surface area contributed by atoms with Crippen LogP contribution in [0, 0.1) is 5.92 Å². The van der Waals surface area contributed by atoms with Crippen LogP contribution in [-0.2, 0) is 15.6 Å². The van der Waals surface area contributed by atoms with E-state index in [1.54, 1.807) is 0 Å². The number of carboxylic acid groups (broad SMARTS) is 1. The Hall–Kier alpha value is -1.31. The molecule has 1 aromatic rings. The number of hydrogen-bond donors (Lipinski definition) is 1. The van der Waals surface area contributed by atoms with E-state index in [0.717, 1.165) is 31.2 Å². The summed E-state index contributed by atoms with van der Waals surface area (Å²) in [5.41, 5.74) is 1.71. The molecule has 2 nitrogen and oxygen atoms in total. The van der Waals surface area contributed by atoms with Gasteiger partial charge in [-0.3, -0.25) is 4.79 Å². The minimum atomic E-state index is -0.659. The molecule has 1 aromatic carbocycles. The van der Waals surface area contributed by atoms with Gasteiger partial charge in [-0.05, 0) is 35.3 Å². The Balaban J connectivity index is 2.22. The summed E-state index contributed by atoms with van der Waals surface area (Å²) in [7, 11) is 0. The Bertz CT molecular complexity index is 473. The molecule has 2 rings (SSSR count). The summed E-state index contributed by atoms with van der Waals surface area (Å²) >= 11 is 0. The van der Waals surface area contributed by atoms with E-state index in [2.05, 4.69) is 39.8 Å². The maximum Gasteiger partial charge on any atom is 0.314 e. The fourth-order valence-electron chi connectivity index (χ4n) is 3.36. The van der Waals surface area contributed by atoms with Gasteiger partial charge in [-0.15, -0.1) is 0 Å². The first-order valence-electron chi connectivity index (χ1n) is 7.64. The van der Waals surface area contributed by atoms with Crippen LogP contribution in [0.2, 0.25) is 0 Å². The van der Waals surface area contributed by atoms with Crippen LogP contribution in [0.3, 0.4) is 0 Å². The molecule has 1 aliphatic carbocycles. The molecule has 1 N–H and O–H groups in total. The molecule has 2 heteroatoms. The lowest BCUT2D eigenvalue weighted by molar-refractivity contribution is -0.150. The van der Waals surface area contributed by atoms with Crippen molar-refractivity contribution in [1.29, 1.82) is 0 Å². The molecule has 0 atom stereocenters. The maximum atomic E-state index is 11.7. The van der Waals surface area contributed by atoms with Gasteiger partial charge in [0.25, 0.3) is 0 Å². The molecule has 0 aliphatic heterocycles. The summed E-state index contributed by atoms with van der Waals surface area (Å²) in [6.07, 6.45) is 3.88. The minimum absolute atomic E-state index is 0.110. The molecular weight excluding hydrogens is 248 g/mol. The minimum Gasteiger partial charge on any atom is -0.481 e. The van der Waals surface area contributed by atoms with Crippen LogP contribution in [0.1, 0.15) is 64.5 Å². The van der Waals surface area contributed by atoms with E-state index >= 15 is 0 Å². The first-order chi connectivity index (χ1) is 9.29. The highest BCUT2D eigenvalue weighted by atomic mass is 16.4. The van der Waals surface area contributed by atoms with Crippen LogP contribution in [0.4, 0.5) is 0 Å². The molecule has 110 valence electrons. The van der Waals surface area contributed by atoms with Gasteiger partial charge in [0.1, 0.15) is 0 Å². The summed E-state index contributed by atoms with van der Waals surface area (Å²) < 4.78 is 0. The zero-order valence-corrected chi connectivity index (χ0v) is 13.1.